The molecule has 0 radical (unpaired) electrons. The third kappa shape index (κ3) is 5.76. The van der Waals surface area contributed by atoms with Gasteiger partial charge in [-0.25, -0.2) is 23.1 Å². The Kier molecular flexibility index (Phi) is 6.86. The van der Waals surface area contributed by atoms with Crippen LogP contribution in [0.25, 0.3) is 0 Å². The number of amides is 2. The zero-order valence-electron chi connectivity index (χ0n) is 17.6. The number of hydrogen-bond acceptors (Lipinski definition) is 7. The van der Waals surface area contributed by atoms with Gasteiger partial charge in [0.25, 0.3) is 10.0 Å². The fraction of sp³-hybridized carbons (Fsp3) is 0.400. The molecular weight excluding hydrogens is 422 g/mol. The van der Waals surface area contributed by atoms with Gasteiger partial charge in [-0.1, -0.05) is 0 Å². The number of ether oxygens (including phenoxy) is 1. The topological polar surface area (TPSA) is 131 Å². The number of benzene rings is 1. The average Bonchev–Trinajstić information content (AvgIpc) is 3.06. The van der Waals surface area contributed by atoms with Crippen LogP contribution in [0.15, 0.2) is 35.2 Å². The SMILES string of the molecule is COCCN1CC(C(=O)Nc2ccc(S(=O)(=O)Nc3nc(C)cc(C)n3)cc2)CC1=O. The van der Waals surface area contributed by atoms with Crippen molar-refractivity contribution in [2.24, 2.45) is 5.92 Å². The van der Waals surface area contributed by atoms with Gasteiger partial charge in [-0.2, -0.15) is 0 Å². The van der Waals surface area contributed by atoms with Gasteiger partial charge in [-0.15, -0.1) is 0 Å². The van der Waals surface area contributed by atoms with Gasteiger partial charge in [0, 0.05) is 43.7 Å². The van der Waals surface area contributed by atoms with Crippen molar-refractivity contribution >= 4 is 33.5 Å². The number of aryl methyl sites for hydroxylation is 2. The van der Waals surface area contributed by atoms with Crippen LogP contribution in [0.1, 0.15) is 17.8 Å². The van der Waals surface area contributed by atoms with Gasteiger partial charge in [-0.05, 0) is 44.2 Å². The molecule has 10 nitrogen and oxygen atoms in total. The van der Waals surface area contributed by atoms with E-state index in [1.807, 2.05) is 0 Å². The van der Waals surface area contributed by atoms with Crippen LogP contribution in [0.5, 0.6) is 0 Å². The number of carbonyl (C=O) groups is 2. The Bertz CT molecular complexity index is 1050. The molecule has 2 heterocycles. The molecule has 2 N–H and O–H groups in total. The number of anilines is 2. The van der Waals surface area contributed by atoms with Gasteiger partial charge < -0.3 is 15.0 Å². The molecule has 1 unspecified atom stereocenters. The van der Waals surface area contributed by atoms with Gasteiger partial charge in [0.2, 0.25) is 17.8 Å². The van der Waals surface area contributed by atoms with Crippen molar-refractivity contribution in [3.05, 3.63) is 41.7 Å². The second-order valence-electron chi connectivity index (χ2n) is 7.33. The number of methoxy groups -OCH3 is 1. The first-order valence-electron chi connectivity index (χ1n) is 9.70. The minimum Gasteiger partial charge on any atom is -0.383 e. The molecule has 0 saturated carbocycles. The summed E-state index contributed by atoms with van der Waals surface area (Å²) in [6.45, 7) is 4.69. The lowest BCUT2D eigenvalue weighted by molar-refractivity contribution is -0.128. The van der Waals surface area contributed by atoms with Crippen molar-refractivity contribution < 1.29 is 22.7 Å². The molecule has 1 aliphatic heterocycles. The summed E-state index contributed by atoms with van der Waals surface area (Å²) in [5.41, 5.74) is 1.73. The van der Waals surface area contributed by atoms with Crippen LogP contribution in [0, 0.1) is 19.8 Å². The monoisotopic (exact) mass is 447 g/mol. The first-order valence-corrected chi connectivity index (χ1v) is 11.2. The molecule has 1 saturated heterocycles. The lowest BCUT2D eigenvalue weighted by Crippen LogP contribution is -2.30. The summed E-state index contributed by atoms with van der Waals surface area (Å²) in [4.78, 5) is 34.3. The number of likely N-dealkylation sites (tertiary alicyclic amines) is 1. The van der Waals surface area contributed by atoms with Crippen molar-refractivity contribution in [1.82, 2.24) is 14.9 Å². The van der Waals surface area contributed by atoms with E-state index in [-0.39, 0.29) is 29.1 Å². The van der Waals surface area contributed by atoms with Crippen molar-refractivity contribution in [2.45, 2.75) is 25.2 Å². The first-order chi connectivity index (χ1) is 14.7. The van der Waals surface area contributed by atoms with Crippen LogP contribution >= 0.6 is 0 Å². The number of nitrogens with one attached hydrogen (secondary N) is 2. The molecule has 166 valence electrons. The predicted molar refractivity (Wildman–Crippen MR) is 114 cm³/mol. The van der Waals surface area contributed by atoms with Crippen LogP contribution in [-0.4, -0.2) is 61.9 Å². The Morgan fingerprint density at radius 1 is 1.19 bits per heavy atom. The summed E-state index contributed by atoms with van der Waals surface area (Å²) in [5.74, 6) is -0.834. The summed E-state index contributed by atoms with van der Waals surface area (Å²) in [6, 6.07) is 7.49. The van der Waals surface area contributed by atoms with E-state index in [0.29, 0.717) is 36.8 Å². The number of nitrogens with zero attached hydrogens (tertiary/aromatic N) is 3. The van der Waals surface area contributed by atoms with Gasteiger partial charge in [0.05, 0.1) is 17.4 Å². The number of hydrogen-bond donors (Lipinski definition) is 2. The summed E-state index contributed by atoms with van der Waals surface area (Å²) in [7, 11) is -2.33. The summed E-state index contributed by atoms with van der Waals surface area (Å²) < 4.78 is 32.5. The maximum Gasteiger partial charge on any atom is 0.264 e. The Hall–Kier alpha value is -3.05. The van der Waals surface area contributed by atoms with Crippen molar-refractivity contribution in [3.8, 4) is 0 Å². The number of sulfonamides is 1. The van der Waals surface area contributed by atoms with E-state index in [9.17, 15) is 18.0 Å². The molecule has 1 aromatic heterocycles. The van der Waals surface area contributed by atoms with E-state index in [4.69, 9.17) is 4.74 Å². The van der Waals surface area contributed by atoms with Crippen LogP contribution < -0.4 is 10.0 Å². The maximum atomic E-state index is 12.6. The van der Waals surface area contributed by atoms with Crippen molar-refractivity contribution in [2.75, 3.05) is 36.8 Å². The second-order valence-corrected chi connectivity index (χ2v) is 9.01. The first kappa shape index (κ1) is 22.6. The van der Waals surface area contributed by atoms with E-state index in [1.54, 1.807) is 31.9 Å². The molecule has 11 heteroatoms. The molecule has 1 aromatic carbocycles. The fourth-order valence-electron chi connectivity index (χ4n) is 3.28. The maximum absolute atomic E-state index is 12.6. The van der Waals surface area contributed by atoms with Gasteiger partial charge in [0.15, 0.2) is 0 Å². The molecule has 0 aliphatic carbocycles. The van der Waals surface area contributed by atoms with E-state index in [0.717, 1.165) is 0 Å². The Morgan fingerprint density at radius 2 is 1.84 bits per heavy atom. The lowest BCUT2D eigenvalue weighted by atomic mass is 10.1. The van der Waals surface area contributed by atoms with Crippen molar-refractivity contribution in [3.63, 3.8) is 0 Å². The smallest absolute Gasteiger partial charge is 0.264 e. The Labute approximate surface area is 181 Å². The number of aromatic nitrogens is 2. The molecule has 2 amide bonds. The molecule has 1 fully saturated rings. The second kappa shape index (κ2) is 9.40. The highest BCUT2D eigenvalue weighted by Gasteiger charge is 2.34. The Balaban J connectivity index is 1.63. The largest absolute Gasteiger partial charge is 0.383 e. The zero-order chi connectivity index (χ0) is 22.6. The molecule has 1 atom stereocenters. The van der Waals surface area contributed by atoms with Gasteiger partial charge in [0.1, 0.15) is 0 Å². The molecule has 2 aromatic rings. The summed E-state index contributed by atoms with van der Waals surface area (Å²) >= 11 is 0. The van der Waals surface area contributed by atoms with Crippen LogP contribution in [-0.2, 0) is 24.3 Å². The highest BCUT2D eigenvalue weighted by molar-refractivity contribution is 7.92. The molecular formula is C20H25N5O5S. The van der Waals surface area contributed by atoms with Crippen LogP contribution in [0.2, 0.25) is 0 Å². The van der Waals surface area contributed by atoms with Crippen LogP contribution in [0.4, 0.5) is 11.6 Å². The number of rotatable bonds is 8. The highest BCUT2D eigenvalue weighted by Crippen LogP contribution is 2.21. The van der Waals surface area contributed by atoms with Gasteiger partial charge >= 0.3 is 0 Å². The van der Waals surface area contributed by atoms with Gasteiger partial charge in [-0.3, -0.25) is 9.59 Å². The van der Waals surface area contributed by atoms with Crippen LogP contribution in [0.3, 0.4) is 0 Å². The highest BCUT2D eigenvalue weighted by atomic mass is 32.2. The molecule has 1 aliphatic rings. The third-order valence-electron chi connectivity index (χ3n) is 4.79. The quantitative estimate of drug-likeness (QED) is 0.624. The lowest BCUT2D eigenvalue weighted by Gasteiger charge is -2.16. The standard InChI is InChI=1S/C20H25N5O5S/c1-13-10-14(2)22-20(21-13)24-31(28,29)17-6-4-16(5-7-17)23-19(27)15-11-18(26)25(12-15)8-9-30-3/h4-7,10,15H,8-9,11-12H2,1-3H3,(H,23,27)(H,21,22,24). The van der Waals surface area contributed by atoms with E-state index < -0.39 is 15.9 Å². The molecule has 0 spiro atoms. The average molecular weight is 448 g/mol. The van der Waals surface area contributed by atoms with E-state index in [2.05, 4.69) is 20.0 Å². The molecule has 31 heavy (non-hydrogen) atoms. The summed E-state index contributed by atoms with van der Waals surface area (Å²) in [6.07, 6.45) is 0.141. The zero-order valence-corrected chi connectivity index (χ0v) is 18.4. The van der Waals surface area contributed by atoms with Crippen molar-refractivity contribution in [1.29, 1.82) is 0 Å². The van der Waals surface area contributed by atoms with E-state index in [1.165, 1.54) is 24.3 Å². The minimum atomic E-state index is -3.88. The number of carbonyl (C=O) groups excluding carboxylic acids is 2. The molecule has 3 rings (SSSR count). The minimum absolute atomic E-state index is 0.00110. The summed E-state index contributed by atoms with van der Waals surface area (Å²) in [5, 5.41) is 2.74. The third-order valence-corrected chi connectivity index (χ3v) is 6.13. The fourth-order valence-corrected chi connectivity index (χ4v) is 4.22. The normalized spacial score (nSPS) is 16.4. The Morgan fingerprint density at radius 3 is 2.45 bits per heavy atom. The predicted octanol–water partition coefficient (Wildman–Crippen LogP) is 1.33. The van der Waals surface area contributed by atoms with E-state index >= 15 is 0 Å². The molecule has 0 bridgehead atoms.